The molecular weight excluding hydrogens is 150 g/mol. The van der Waals surface area contributed by atoms with E-state index in [2.05, 4.69) is 12.2 Å². The summed E-state index contributed by atoms with van der Waals surface area (Å²) in [6.45, 7) is 3.20. The molecule has 0 bridgehead atoms. The topological polar surface area (TPSA) is 32.3 Å². The molecule has 2 rings (SSSR count). The molecule has 1 heterocycles. The number of aliphatic hydroxyl groups is 1. The second-order valence-electron chi connectivity index (χ2n) is 4.45. The summed E-state index contributed by atoms with van der Waals surface area (Å²) in [7, 11) is 0. The van der Waals surface area contributed by atoms with E-state index in [0.29, 0.717) is 12.0 Å². The summed E-state index contributed by atoms with van der Waals surface area (Å²) in [5.74, 6) is 0.514. The molecule has 0 radical (unpaired) electrons. The van der Waals surface area contributed by atoms with Crippen LogP contribution < -0.4 is 5.32 Å². The van der Waals surface area contributed by atoms with Crippen molar-refractivity contribution in [2.75, 3.05) is 6.54 Å². The fourth-order valence-corrected chi connectivity index (χ4v) is 2.93. The fourth-order valence-electron chi connectivity index (χ4n) is 2.93. The quantitative estimate of drug-likeness (QED) is 0.572. The van der Waals surface area contributed by atoms with Gasteiger partial charge >= 0.3 is 0 Å². The van der Waals surface area contributed by atoms with Crippen molar-refractivity contribution in [1.82, 2.24) is 5.32 Å². The van der Waals surface area contributed by atoms with Crippen LogP contribution in [0.3, 0.4) is 0 Å². The third kappa shape index (κ3) is 1.27. The highest BCUT2D eigenvalue weighted by Gasteiger charge is 2.43. The Hall–Kier alpha value is -0.0800. The van der Waals surface area contributed by atoms with Gasteiger partial charge in [-0.1, -0.05) is 12.8 Å². The van der Waals surface area contributed by atoms with Crippen molar-refractivity contribution >= 4 is 0 Å². The number of piperidine rings is 1. The first-order valence-electron chi connectivity index (χ1n) is 5.18. The minimum Gasteiger partial charge on any atom is -0.389 e. The van der Waals surface area contributed by atoms with Crippen molar-refractivity contribution in [3.63, 3.8) is 0 Å². The van der Waals surface area contributed by atoms with Gasteiger partial charge in [-0.3, -0.25) is 0 Å². The van der Waals surface area contributed by atoms with Crippen LogP contribution in [-0.2, 0) is 0 Å². The van der Waals surface area contributed by atoms with Gasteiger partial charge in [0.25, 0.3) is 0 Å². The van der Waals surface area contributed by atoms with Crippen molar-refractivity contribution in [3.8, 4) is 0 Å². The van der Waals surface area contributed by atoms with Gasteiger partial charge in [0.1, 0.15) is 0 Å². The highest BCUT2D eigenvalue weighted by Crippen LogP contribution is 2.40. The van der Waals surface area contributed by atoms with E-state index in [4.69, 9.17) is 0 Å². The zero-order chi connectivity index (χ0) is 8.60. The van der Waals surface area contributed by atoms with E-state index in [-0.39, 0.29) is 5.60 Å². The van der Waals surface area contributed by atoms with Crippen LogP contribution in [-0.4, -0.2) is 23.3 Å². The van der Waals surface area contributed by atoms with Crippen molar-refractivity contribution < 1.29 is 5.11 Å². The van der Waals surface area contributed by atoms with Crippen LogP contribution in [0.25, 0.3) is 0 Å². The third-order valence-corrected chi connectivity index (χ3v) is 3.69. The summed E-state index contributed by atoms with van der Waals surface area (Å²) in [6.07, 6.45) is 5.73. The molecule has 0 amide bonds. The molecule has 12 heavy (non-hydrogen) atoms. The van der Waals surface area contributed by atoms with Crippen molar-refractivity contribution in [2.24, 2.45) is 5.92 Å². The number of rotatable bonds is 0. The van der Waals surface area contributed by atoms with Gasteiger partial charge in [0, 0.05) is 12.0 Å². The van der Waals surface area contributed by atoms with Crippen LogP contribution in [0.5, 0.6) is 0 Å². The van der Waals surface area contributed by atoms with Gasteiger partial charge in [-0.25, -0.2) is 0 Å². The molecule has 1 aliphatic heterocycles. The van der Waals surface area contributed by atoms with Crippen LogP contribution in [0, 0.1) is 5.92 Å². The predicted molar refractivity (Wildman–Crippen MR) is 49.0 cm³/mol. The Bertz CT molecular complexity index is 167. The first-order valence-corrected chi connectivity index (χ1v) is 5.18. The molecule has 1 saturated carbocycles. The molecule has 0 aromatic heterocycles. The largest absolute Gasteiger partial charge is 0.389 e. The molecule has 2 fully saturated rings. The third-order valence-electron chi connectivity index (χ3n) is 3.69. The summed E-state index contributed by atoms with van der Waals surface area (Å²) >= 11 is 0. The Morgan fingerprint density at radius 1 is 1.33 bits per heavy atom. The maximum Gasteiger partial charge on any atom is 0.0702 e. The summed E-state index contributed by atoms with van der Waals surface area (Å²) in [5.41, 5.74) is -0.317. The first-order chi connectivity index (χ1) is 5.72. The molecule has 2 heteroatoms. The molecule has 2 nitrogen and oxygen atoms in total. The normalized spacial score (nSPS) is 48.5. The molecule has 1 aliphatic carbocycles. The van der Waals surface area contributed by atoms with Crippen molar-refractivity contribution in [2.45, 2.75) is 50.7 Å². The van der Waals surface area contributed by atoms with Crippen molar-refractivity contribution in [3.05, 3.63) is 0 Å². The molecule has 1 saturated heterocycles. The van der Waals surface area contributed by atoms with E-state index < -0.39 is 0 Å². The molecule has 0 spiro atoms. The lowest BCUT2D eigenvalue weighted by molar-refractivity contribution is -0.0823. The summed E-state index contributed by atoms with van der Waals surface area (Å²) in [6, 6.07) is 0.518. The van der Waals surface area contributed by atoms with Gasteiger partial charge in [-0.15, -0.1) is 0 Å². The number of nitrogens with one attached hydrogen (secondary N) is 1. The van der Waals surface area contributed by atoms with Gasteiger partial charge < -0.3 is 10.4 Å². The lowest BCUT2D eigenvalue weighted by Gasteiger charge is -2.47. The predicted octanol–water partition coefficient (Wildman–Crippen LogP) is 1.29. The zero-order valence-corrected chi connectivity index (χ0v) is 7.84. The maximum atomic E-state index is 10.3. The molecule has 2 aliphatic rings. The first kappa shape index (κ1) is 8.52. The van der Waals surface area contributed by atoms with Crippen LogP contribution in [0.4, 0.5) is 0 Å². The maximum absolute atomic E-state index is 10.3. The van der Waals surface area contributed by atoms with Gasteiger partial charge in [0.05, 0.1) is 5.60 Å². The summed E-state index contributed by atoms with van der Waals surface area (Å²) in [5, 5.41) is 13.8. The van der Waals surface area contributed by atoms with E-state index in [9.17, 15) is 5.11 Å². The molecule has 2 N–H and O–H groups in total. The Kier molecular flexibility index (Phi) is 2.13. The minimum absolute atomic E-state index is 0.317. The Morgan fingerprint density at radius 2 is 2.17 bits per heavy atom. The summed E-state index contributed by atoms with van der Waals surface area (Å²) in [4.78, 5) is 0. The van der Waals surface area contributed by atoms with E-state index >= 15 is 0 Å². The smallest absolute Gasteiger partial charge is 0.0702 e. The average Bonchev–Trinajstić information content (AvgIpc) is 2.04. The van der Waals surface area contributed by atoms with Crippen LogP contribution >= 0.6 is 0 Å². The number of hydrogen-bond donors (Lipinski definition) is 2. The van der Waals surface area contributed by atoms with Crippen LogP contribution in [0.1, 0.15) is 39.0 Å². The standard InChI is InChI=1S/C10H19NO/c1-8-9-4-2-3-5-10(9,12)6-7-11-8/h8-9,11-12H,2-7H2,1H3/t8-,9-,10+/m1/s1. The Morgan fingerprint density at radius 3 is 2.92 bits per heavy atom. The van der Waals surface area contributed by atoms with Gasteiger partial charge in [-0.2, -0.15) is 0 Å². The number of hydrogen-bond acceptors (Lipinski definition) is 2. The second-order valence-corrected chi connectivity index (χ2v) is 4.45. The molecule has 0 unspecified atom stereocenters. The SMILES string of the molecule is C[C@H]1NCC[C@@]2(O)CCCC[C@H]12. The zero-order valence-electron chi connectivity index (χ0n) is 7.84. The van der Waals surface area contributed by atoms with E-state index in [1.54, 1.807) is 0 Å². The van der Waals surface area contributed by atoms with E-state index in [1.807, 2.05) is 0 Å². The second kappa shape index (κ2) is 3.00. The van der Waals surface area contributed by atoms with Gasteiger partial charge in [-0.05, 0) is 32.7 Å². The highest BCUT2D eigenvalue weighted by atomic mass is 16.3. The van der Waals surface area contributed by atoms with Gasteiger partial charge in [0.15, 0.2) is 0 Å². The van der Waals surface area contributed by atoms with Gasteiger partial charge in [0.2, 0.25) is 0 Å². The Balaban J connectivity index is 2.12. The van der Waals surface area contributed by atoms with E-state index in [1.165, 1.54) is 19.3 Å². The van der Waals surface area contributed by atoms with E-state index in [0.717, 1.165) is 19.4 Å². The Labute approximate surface area is 74.4 Å². The van der Waals surface area contributed by atoms with Crippen LogP contribution in [0.2, 0.25) is 0 Å². The number of fused-ring (bicyclic) bond motifs is 1. The molecule has 0 aromatic carbocycles. The highest BCUT2D eigenvalue weighted by molar-refractivity contribution is 4.98. The summed E-state index contributed by atoms with van der Waals surface area (Å²) < 4.78 is 0. The average molecular weight is 169 g/mol. The molecule has 70 valence electrons. The van der Waals surface area contributed by atoms with Crippen molar-refractivity contribution in [1.29, 1.82) is 0 Å². The van der Waals surface area contributed by atoms with Crippen LogP contribution in [0.15, 0.2) is 0 Å². The minimum atomic E-state index is -0.317. The molecular formula is C10H19NO. The monoisotopic (exact) mass is 169 g/mol. The fraction of sp³-hybridized carbons (Fsp3) is 1.00. The lowest BCUT2D eigenvalue weighted by atomic mass is 9.68. The molecule has 3 atom stereocenters. The lowest BCUT2D eigenvalue weighted by Crippen LogP contribution is -2.56. The molecule has 0 aromatic rings.